The van der Waals surface area contributed by atoms with E-state index in [1.807, 2.05) is 0 Å². The summed E-state index contributed by atoms with van der Waals surface area (Å²) in [5.74, 6) is 0.272. The molecule has 0 spiro atoms. The maximum Gasteiger partial charge on any atom is 0.324 e. The molecule has 0 aliphatic rings. The Hall–Kier alpha value is -2.22. The van der Waals surface area contributed by atoms with E-state index in [-0.39, 0.29) is 23.3 Å². The van der Waals surface area contributed by atoms with Gasteiger partial charge in [-0.3, -0.25) is 10.1 Å². The van der Waals surface area contributed by atoms with Crippen LogP contribution in [-0.4, -0.2) is 14.9 Å². The Labute approximate surface area is 110 Å². The number of aromatic nitrogens is 2. The van der Waals surface area contributed by atoms with Crippen LogP contribution in [0.4, 0.5) is 11.5 Å². The highest BCUT2D eigenvalue weighted by Gasteiger charge is 2.17. The number of hydrogen-bond donors (Lipinski definition) is 1. The molecule has 1 aromatic heterocycles. The molecule has 0 saturated heterocycles. The van der Waals surface area contributed by atoms with Crippen molar-refractivity contribution < 1.29 is 9.66 Å². The van der Waals surface area contributed by atoms with Crippen molar-refractivity contribution in [2.24, 2.45) is 0 Å². The zero-order valence-electron chi connectivity index (χ0n) is 8.91. The molecule has 0 fully saturated rings. The van der Waals surface area contributed by atoms with E-state index in [1.165, 1.54) is 24.4 Å². The van der Waals surface area contributed by atoms with Gasteiger partial charge in [0.1, 0.15) is 5.82 Å². The summed E-state index contributed by atoms with van der Waals surface area (Å²) in [6.07, 6.45) is 1.41. The number of anilines is 1. The van der Waals surface area contributed by atoms with Crippen LogP contribution in [0, 0.1) is 10.1 Å². The van der Waals surface area contributed by atoms with E-state index < -0.39 is 4.92 Å². The highest BCUT2D eigenvalue weighted by Crippen LogP contribution is 2.32. The number of nitrogens with zero attached hydrogens (tertiary/aromatic N) is 3. The SMILES string of the molecule is Nc1ccnc(Oc2ccc(Br)cc2[N+](=O)[O-])n1. The van der Waals surface area contributed by atoms with Gasteiger partial charge in [0.15, 0.2) is 0 Å². The lowest BCUT2D eigenvalue weighted by molar-refractivity contribution is -0.385. The van der Waals surface area contributed by atoms with Gasteiger partial charge in [-0.2, -0.15) is 4.98 Å². The monoisotopic (exact) mass is 310 g/mol. The van der Waals surface area contributed by atoms with Crippen molar-refractivity contribution in [3.63, 3.8) is 0 Å². The molecule has 0 amide bonds. The first kappa shape index (κ1) is 12.2. The van der Waals surface area contributed by atoms with Crippen molar-refractivity contribution in [2.45, 2.75) is 0 Å². The molecule has 2 N–H and O–H groups in total. The average Bonchev–Trinajstić information content (AvgIpc) is 2.31. The second-order valence-electron chi connectivity index (χ2n) is 3.24. The highest BCUT2D eigenvalue weighted by molar-refractivity contribution is 9.10. The topological polar surface area (TPSA) is 104 Å². The maximum absolute atomic E-state index is 10.9. The molecule has 92 valence electrons. The predicted molar refractivity (Wildman–Crippen MR) is 67.3 cm³/mol. The van der Waals surface area contributed by atoms with Crippen LogP contribution in [0.15, 0.2) is 34.9 Å². The van der Waals surface area contributed by atoms with E-state index >= 15 is 0 Å². The molecular formula is C10H7BrN4O3. The minimum Gasteiger partial charge on any atom is -0.417 e. The standard InChI is InChI=1S/C10H7BrN4O3/c11-6-1-2-8(7(5-6)15(16)17)18-10-13-4-3-9(12)14-10/h1-5H,(H2,12,13,14). The smallest absolute Gasteiger partial charge is 0.324 e. The summed E-state index contributed by atoms with van der Waals surface area (Å²) in [5, 5.41) is 10.9. The number of hydrogen-bond acceptors (Lipinski definition) is 6. The quantitative estimate of drug-likeness (QED) is 0.690. The molecule has 0 saturated carbocycles. The van der Waals surface area contributed by atoms with E-state index in [9.17, 15) is 10.1 Å². The fourth-order valence-corrected chi connectivity index (χ4v) is 1.57. The third kappa shape index (κ3) is 2.72. The summed E-state index contributed by atoms with van der Waals surface area (Å²) < 4.78 is 5.82. The van der Waals surface area contributed by atoms with E-state index in [1.54, 1.807) is 6.07 Å². The summed E-state index contributed by atoms with van der Waals surface area (Å²) >= 11 is 3.15. The molecule has 2 aromatic rings. The van der Waals surface area contributed by atoms with Crippen molar-refractivity contribution in [1.29, 1.82) is 0 Å². The largest absolute Gasteiger partial charge is 0.417 e. The molecular weight excluding hydrogens is 304 g/mol. The van der Waals surface area contributed by atoms with Gasteiger partial charge in [0.05, 0.1) is 4.92 Å². The number of benzene rings is 1. The van der Waals surface area contributed by atoms with Gasteiger partial charge in [0.2, 0.25) is 5.75 Å². The predicted octanol–water partition coefficient (Wildman–Crippen LogP) is 2.52. The van der Waals surface area contributed by atoms with Crippen LogP contribution < -0.4 is 10.5 Å². The summed E-state index contributed by atoms with van der Waals surface area (Å²) in [6.45, 7) is 0. The lowest BCUT2D eigenvalue weighted by atomic mass is 10.3. The molecule has 8 heteroatoms. The van der Waals surface area contributed by atoms with E-state index in [0.29, 0.717) is 4.47 Å². The Morgan fingerprint density at radius 2 is 2.17 bits per heavy atom. The number of halogens is 1. The summed E-state index contributed by atoms with van der Waals surface area (Å²) in [7, 11) is 0. The molecule has 7 nitrogen and oxygen atoms in total. The molecule has 1 heterocycles. The summed E-state index contributed by atoms with van der Waals surface area (Å²) in [4.78, 5) is 17.9. The second-order valence-corrected chi connectivity index (χ2v) is 4.15. The van der Waals surface area contributed by atoms with Crippen LogP contribution in [0.3, 0.4) is 0 Å². The first-order valence-corrected chi connectivity index (χ1v) is 5.56. The fourth-order valence-electron chi connectivity index (χ4n) is 1.22. The second kappa shape index (κ2) is 4.96. The number of ether oxygens (including phenoxy) is 1. The van der Waals surface area contributed by atoms with Gasteiger partial charge in [-0.25, -0.2) is 4.98 Å². The van der Waals surface area contributed by atoms with Gasteiger partial charge in [-0.1, -0.05) is 15.9 Å². The highest BCUT2D eigenvalue weighted by atomic mass is 79.9. The molecule has 0 radical (unpaired) electrons. The zero-order chi connectivity index (χ0) is 13.1. The Morgan fingerprint density at radius 3 is 2.83 bits per heavy atom. The van der Waals surface area contributed by atoms with Crippen LogP contribution in [-0.2, 0) is 0 Å². The van der Waals surface area contributed by atoms with Crippen molar-refractivity contribution in [3.8, 4) is 11.8 Å². The average molecular weight is 311 g/mol. The van der Waals surface area contributed by atoms with Crippen molar-refractivity contribution >= 4 is 27.4 Å². The van der Waals surface area contributed by atoms with E-state index in [2.05, 4.69) is 25.9 Å². The fraction of sp³-hybridized carbons (Fsp3) is 0. The molecule has 2 rings (SSSR count). The Kier molecular flexibility index (Phi) is 3.38. The first-order valence-electron chi connectivity index (χ1n) is 4.76. The lowest BCUT2D eigenvalue weighted by Gasteiger charge is -2.04. The summed E-state index contributed by atoms with van der Waals surface area (Å²) in [5.41, 5.74) is 5.28. The number of nitro benzene ring substituents is 1. The van der Waals surface area contributed by atoms with Gasteiger partial charge >= 0.3 is 11.7 Å². The minimum absolute atomic E-state index is 0.0413. The lowest BCUT2D eigenvalue weighted by Crippen LogP contribution is -1.98. The van der Waals surface area contributed by atoms with Crippen molar-refractivity contribution in [3.05, 3.63) is 45.0 Å². The van der Waals surface area contributed by atoms with Gasteiger partial charge in [-0.15, -0.1) is 0 Å². The number of nitrogens with two attached hydrogens (primary N) is 1. The van der Waals surface area contributed by atoms with Crippen LogP contribution in [0.1, 0.15) is 0 Å². The normalized spacial score (nSPS) is 10.1. The summed E-state index contributed by atoms with van der Waals surface area (Å²) in [6, 6.07) is 5.86. The van der Waals surface area contributed by atoms with E-state index in [4.69, 9.17) is 10.5 Å². The van der Waals surface area contributed by atoms with Crippen molar-refractivity contribution in [1.82, 2.24) is 9.97 Å². The number of rotatable bonds is 3. The van der Waals surface area contributed by atoms with Gasteiger partial charge in [0.25, 0.3) is 0 Å². The van der Waals surface area contributed by atoms with Gasteiger partial charge in [0, 0.05) is 16.7 Å². The first-order chi connectivity index (χ1) is 8.56. The Balaban J connectivity index is 2.37. The molecule has 18 heavy (non-hydrogen) atoms. The molecule has 1 aromatic carbocycles. The van der Waals surface area contributed by atoms with Crippen LogP contribution in [0.25, 0.3) is 0 Å². The minimum atomic E-state index is -0.549. The molecule has 0 bridgehead atoms. The molecule has 0 atom stereocenters. The van der Waals surface area contributed by atoms with Crippen LogP contribution in [0.5, 0.6) is 11.8 Å². The molecule has 0 aliphatic carbocycles. The van der Waals surface area contributed by atoms with Crippen LogP contribution in [0.2, 0.25) is 0 Å². The third-order valence-corrected chi connectivity index (χ3v) is 2.47. The third-order valence-electron chi connectivity index (χ3n) is 1.97. The van der Waals surface area contributed by atoms with E-state index in [0.717, 1.165) is 0 Å². The van der Waals surface area contributed by atoms with Gasteiger partial charge in [-0.05, 0) is 18.2 Å². The number of nitro groups is 1. The molecule has 0 unspecified atom stereocenters. The van der Waals surface area contributed by atoms with Crippen LogP contribution >= 0.6 is 15.9 Å². The Morgan fingerprint density at radius 1 is 1.39 bits per heavy atom. The Bertz CT molecular complexity index is 605. The maximum atomic E-state index is 10.9. The van der Waals surface area contributed by atoms with Crippen molar-refractivity contribution in [2.75, 3.05) is 5.73 Å². The zero-order valence-corrected chi connectivity index (χ0v) is 10.5. The van der Waals surface area contributed by atoms with Gasteiger partial charge < -0.3 is 10.5 Å². The molecule has 0 aliphatic heterocycles. The number of nitrogen functional groups attached to an aromatic ring is 1.